The average molecular weight is 239 g/mol. The van der Waals surface area contributed by atoms with Gasteiger partial charge in [0.2, 0.25) is 0 Å². The van der Waals surface area contributed by atoms with E-state index >= 15 is 0 Å². The van der Waals surface area contributed by atoms with Gasteiger partial charge in [-0.25, -0.2) is 0 Å². The molecule has 88 valence electrons. The molecule has 1 fully saturated rings. The molecule has 0 radical (unpaired) electrons. The van der Waals surface area contributed by atoms with E-state index in [0.29, 0.717) is 0 Å². The van der Waals surface area contributed by atoms with E-state index in [2.05, 4.69) is 36.2 Å². The van der Waals surface area contributed by atoms with E-state index in [1.807, 2.05) is 0 Å². The van der Waals surface area contributed by atoms with E-state index in [4.69, 9.17) is 11.6 Å². The normalized spacial score (nSPS) is 17.7. The molecular weight excluding hydrogens is 220 g/mol. The average Bonchev–Trinajstić information content (AvgIpc) is 2.27. The molecule has 0 aliphatic carbocycles. The van der Waals surface area contributed by atoms with E-state index in [9.17, 15) is 0 Å². The zero-order valence-electron chi connectivity index (χ0n) is 10.0. The van der Waals surface area contributed by atoms with Crippen LogP contribution in [0.4, 0.5) is 0 Å². The molecule has 1 aromatic carbocycles. The van der Waals surface area contributed by atoms with Crippen LogP contribution in [0.15, 0.2) is 12.1 Å². The van der Waals surface area contributed by atoms with E-state index in [1.165, 1.54) is 16.7 Å². The molecular formula is C13H19ClN2. The van der Waals surface area contributed by atoms with Gasteiger partial charge in [-0.3, -0.25) is 4.90 Å². The zero-order chi connectivity index (χ0) is 11.5. The summed E-state index contributed by atoms with van der Waals surface area (Å²) >= 11 is 6.17. The molecule has 1 N–H and O–H groups in total. The fraction of sp³-hybridized carbons (Fsp3) is 0.538. The standard InChI is InChI=1S/C13H19ClN2/c1-10-7-12(8-11(2)13(10)14)9-16-5-3-15-4-6-16/h7-8,15H,3-6,9H2,1-2H3. The Bertz CT molecular complexity index is 347. The number of nitrogens with zero attached hydrogens (tertiary/aromatic N) is 1. The lowest BCUT2D eigenvalue weighted by atomic mass is 10.1. The lowest BCUT2D eigenvalue weighted by Gasteiger charge is -2.27. The molecule has 0 atom stereocenters. The van der Waals surface area contributed by atoms with Crippen molar-refractivity contribution < 1.29 is 0 Å². The van der Waals surface area contributed by atoms with Crippen molar-refractivity contribution in [3.05, 3.63) is 33.8 Å². The molecule has 1 aliphatic heterocycles. The second-order valence-corrected chi connectivity index (χ2v) is 4.95. The predicted molar refractivity (Wildman–Crippen MR) is 69.1 cm³/mol. The van der Waals surface area contributed by atoms with Gasteiger partial charge < -0.3 is 5.32 Å². The van der Waals surface area contributed by atoms with Crippen molar-refractivity contribution in [1.29, 1.82) is 0 Å². The second-order valence-electron chi connectivity index (χ2n) is 4.57. The van der Waals surface area contributed by atoms with Crippen molar-refractivity contribution in [2.45, 2.75) is 20.4 Å². The summed E-state index contributed by atoms with van der Waals surface area (Å²) in [5.74, 6) is 0. The summed E-state index contributed by atoms with van der Waals surface area (Å²) in [5, 5.41) is 4.28. The molecule has 0 aromatic heterocycles. The first-order valence-corrected chi connectivity index (χ1v) is 6.23. The number of benzene rings is 1. The van der Waals surface area contributed by atoms with Gasteiger partial charge in [0.05, 0.1) is 0 Å². The third-order valence-electron chi connectivity index (χ3n) is 3.11. The monoisotopic (exact) mass is 238 g/mol. The quantitative estimate of drug-likeness (QED) is 0.851. The Morgan fingerprint density at radius 2 is 1.75 bits per heavy atom. The largest absolute Gasteiger partial charge is 0.314 e. The van der Waals surface area contributed by atoms with Crippen LogP contribution in [0.1, 0.15) is 16.7 Å². The van der Waals surface area contributed by atoms with E-state index in [-0.39, 0.29) is 0 Å². The maximum atomic E-state index is 6.17. The van der Waals surface area contributed by atoms with Gasteiger partial charge in [-0.1, -0.05) is 23.7 Å². The van der Waals surface area contributed by atoms with Crippen LogP contribution in [0.25, 0.3) is 0 Å². The highest BCUT2D eigenvalue weighted by atomic mass is 35.5. The molecule has 3 heteroatoms. The number of hydrogen-bond donors (Lipinski definition) is 1. The maximum Gasteiger partial charge on any atom is 0.0464 e. The lowest BCUT2D eigenvalue weighted by molar-refractivity contribution is 0.233. The molecule has 16 heavy (non-hydrogen) atoms. The Labute approximate surface area is 103 Å². The molecule has 0 saturated carbocycles. The fourth-order valence-corrected chi connectivity index (χ4v) is 2.36. The number of rotatable bonds is 2. The molecule has 1 aliphatic rings. The Hall–Kier alpha value is -0.570. The van der Waals surface area contributed by atoms with Crippen LogP contribution in [0.5, 0.6) is 0 Å². The molecule has 2 nitrogen and oxygen atoms in total. The molecule has 2 rings (SSSR count). The van der Waals surface area contributed by atoms with Gasteiger partial charge in [0, 0.05) is 37.7 Å². The number of nitrogens with one attached hydrogen (secondary N) is 1. The zero-order valence-corrected chi connectivity index (χ0v) is 10.8. The van der Waals surface area contributed by atoms with Gasteiger partial charge in [0.25, 0.3) is 0 Å². The summed E-state index contributed by atoms with van der Waals surface area (Å²) in [6, 6.07) is 4.41. The van der Waals surface area contributed by atoms with Crippen LogP contribution < -0.4 is 5.32 Å². The van der Waals surface area contributed by atoms with E-state index in [1.54, 1.807) is 0 Å². The number of hydrogen-bond acceptors (Lipinski definition) is 2. The predicted octanol–water partition coefficient (Wildman–Crippen LogP) is 2.36. The van der Waals surface area contributed by atoms with Crippen molar-refractivity contribution in [3.63, 3.8) is 0 Å². The molecule has 1 heterocycles. The smallest absolute Gasteiger partial charge is 0.0464 e. The van der Waals surface area contributed by atoms with Crippen molar-refractivity contribution >= 4 is 11.6 Å². The first-order chi connectivity index (χ1) is 7.66. The minimum Gasteiger partial charge on any atom is -0.314 e. The lowest BCUT2D eigenvalue weighted by Crippen LogP contribution is -2.42. The highest BCUT2D eigenvalue weighted by Crippen LogP contribution is 2.22. The van der Waals surface area contributed by atoms with Gasteiger partial charge in [-0.15, -0.1) is 0 Å². The topological polar surface area (TPSA) is 15.3 Å². The molecule has 1 aromatic rings. The van der Waals surface area contributed by atoms with Crippen LogP contribution in [-0.4, -0.2) is 31.1 Å². The van der Waals surface area contributed by atoms with Crippen LogP contribution in [0.2, 0.25) is 5.02 Å². The minimum absolute atomic E-state index is 0.907. The van der Waals surface area contributed by atoms with Gasteiger partial charge in [-0.2, -0.15) is 0 Å². The molecule has 0 bridgehead atoms. The van der Waals surface area contributed by atoms with Gasteiger partial charge in [-0.05, 0) is 30.5 Å². The van der Waals surface area contributed by atoms with Crippen LogP contribution >= 0.6 is 11.6 Å². The van der Waals surface area contributed by atoms with Crippen molar-refractivity contribution in [1.82, 2.24) is 10.2 Å². The Balaban J connectivity index is 2.09. The van der Waals surface area contributed by atoms with Gasteiger partial charge >= 0.3 is 0 Å². The van der Waals surface area contributed by atoms with E-state index in [0.717, 1.165) is 37.7 Å². The SMILES string of the molecule is Cc1cc(CN2CCNCC2)cc(C)c1Cl. The summed E-state index contributed by atoms with van der Waals surface area (Å²) in [5.41, 5.74) is 3.75. The Kier molecular flexibility index (Phi) is 3.85. The molecule has 0 amide bonds. The van der Waals surface area contributed by atoms with Gasteiger partial charge in [0.1, 0.15) is 0 Å². The molecule has 1 saturated heterocycles. The molecule has 0 unspecified atom stereocenters. The van der Waals surface area contributed by atoms with Crippen molar-refractivity contribution in [3.8, 4) is 0 Å². The minimum atomic E-state index is 0.907. The Morgan fingerprint density at radius 3 is 2.31 bits per heavy atom. The number of aryl methyl sites for hydroxylation is 2. The Morgan fingerprint density at radius 1 is 1.19 bits per heavy atom. The summed E-state index contributed by atoms with van der Waals surface area (Å²) in [7, 11) is 0. The van der Waals surface area contributed by atoms with Gasteiger partial charge in [0.15, 0.2) is 0 Å². The highest BCUT2D eigenvalue weighted by Gasteiger charge is 2.11. The van der Waals surface area contributed by atoms with Crippen molar-refractivity contribution in [2.75, 3.05) is 26.2 Å². The van der Waals surface area contributed by atoms with Crippen LogP contribution in [-0.2, 0) is 6.54 Å². The third kappa shape index (κ3) is 2.76. The maximum absolute atomic E-state index is 6.17. The number of piperazine rings is 1. The second kappa shape index (κ2) is 5.17. The summed E-state index contributed by atoms with van der Waals surface area (Å²) in [6.45, 7) is 9.69. The van der Waals surface area contributed by atoms with Crippen molar-refractivity contribution in [2.24, 2.45) is 0 Å². The van der Waals surface area contributed by atoms with E-state index < -0.39 is 0 Å². The van der Waals surface area contributed by atoms with Crippen LogP contribution in [0, 0.1) is 13.8 Å². The summed E-state index contributed by atoms with van der Waals surface area (Å²) < 4.78 is 0. The van der Waals surface area contributed by atoms with Crippen LogP contribution in [0.3, 0.4) is 0 Å². The fourth-order valence-electron chi connectivity index (χ4n) is 2.25. The highest BCUT2D eigenvalue weighted by molar-refractivity contribution is 6.32. The molecule has 0 spiro atoms. The number of halogens is 1. The first-order valence-electron chi connectivity index (χ1n) is 5.85. The third-order valence-corrected chi connectivity index (χ3v) is 3.71. The first kappa shape index (κ1) is 11.9. The summed E-state index contributed by atoms with van der Waals surface area (Å²) in [6.07, 6.45) is 0. The summed E-state index contributed by atoms with van der Waals surface area (Å²) in [4.78, 5) is 2.48.